The second kappa shape index (κ2) is 8.08. The third-order valence-electron chi connectivity index (χ3n) is 2.52. The zero-order valence-electron chi connectivity index (χ0n) is 11.9. The Labute approximate surface area is 132 Å². The summed E-state index contributed by atoms with van der Waals surface area (Å²) in [5.41, 5.74) is 2.37. The van der Waals surface area contributed by atoms with Crippen molar-refractivity contribution >= 4 is 37.9 Å². The van der Waals surface area contributed by atoms with E-state index in [2.05, 4.69) is 70.1 Å². The first-order valence-corrected chi connectivity index (χ1v) is 8.05. The van der Waals surface area contributed by atoms with Crippen LogP contribution >= 0.6 is 31.9 Å². The Morgan fingerprint density at radius 3 is 2.63 bits per heavy atom. The van der Waals surface area contributed by atoms with E-state index in [1.54, 1.807) is 0 Å². The Bertz CT molecular complexity index is 456. The Morgan fingerprint density at radius 1 is 1.37 bits per heavy atom. The van der Waals surface area contributed by atoms with Crippen LogP contribution in [0, 0.1) is 0 Å². The molecule has 2 nitrogen and oxygen atoms in total. The minimum Gasteiger partial charge on any atom is -0.492 e. The molecular weight excluding hydrogens is 370 g/mol. The van der Waals surface area contributed by atoms with E-state index in [4.69, 9.17) is 4.74 Å². The van der Waals surface area contributed by atoms with E-state index < -0.39 is 0 Å². The van der Waals surface area contributed by atoms with E-state index in [1.807, 2.05) is 13.0 Å². The van der Waals surface area contributed by atoms with Crippen molar-refractivity contribution in [3.05, 3.63) is 32.2 Å². The van der Waals surface area contributed by atoms with Crippen LogP contribution in [0.1, 0.15) is 33.3 Å². The van der Waals surface area contributed by atoms with Gasteiger partial charge in [-0.15, -0.1) is 0 Å². The number of benzene rings is 1. The van der Waals surface area contributed by atoms with E-state index in [0.717, 1.165) is 26.8 Å². The maximum absolute atomic E-state index is 5.72. The number of hydrogen-bond donors (Lipinski definition) is 1. The SMILES string of the molecule is CCOc1c(Br)cc(Br)cc1C=C(C)CNC(C)C. The van der Waals surface area contributed by atoms with E-state index in [0.29, 0.717) is 12.6 Å². The first-order valence-electron chi connectivity index (χ1n) is 6.46. The van der Waals surface area contributed by atoms with Gasteiger partial charge in [0.25, 0.3) is 0 Å². The molecule has 106 valence electrons. The standard InChI is InChI=1S/C15H21Br2NO/c1-5-19-15-12(7-13(16)8-14(15)17)6-11(4)9-18-10(2)3/h6-8,10,18H,5,9H2,1-4H3. The fraction of sp³-hybridized carbons (Fsp3) is 0.467. The molecule has 0 amide bonds. The zero-order chi connectivity index (χ0) is 14.4. The highest BCUT2D eigenvalue weighted by molar-refractivity contribution is 9.11. The monoisotopic (exact) mass is 389 g/mol. The summed E-state index contributed by atoms with van der Waals surface area (Å²) < 4.78 is 7.73. The van der Waals surface area contributed by atoms with Gasteiger partial charge in [-0.2, -0.15) is 0 Å². The topological polar surface area (TPSA) is 21.3 Å². The minimum absolute atomic E-state index is 0.490. The number of halogens is 2. The highest BCUT2D eigenvalue weighted by atomic mass is 79.9. The van der Waals surface area contributed by atoms with Gasteiger partial charge in [-0.3, -0.25) is 0 Å². The molecule has 1 aromatic rings. The highest BCUT2D eigenvalue weighted by Crippen LogP contribution is 2.34. The maximum Gasteiger partial charge on any atom is 0.140 e. The molecule has 0 atom stereocenters. The molecule has 0 spiro atoms. The van der Waals surface area contributed by atoms with Gasteiger partial charge in [0.15, 0.2) is 0 Å². The van der Waals surface area contributed by atoms with Crippen LogP contribution in [-0.4, -0.2) is 19.2 Å². The number of nitrogens with one attached hydrogen (secondary N) is 1. The van der Waals surface area contributed by atoms with Gasteiger partial charge in [0.1, 0.15) is 5.75 Å². The third-order valence-corrected chi connectivity index (χ3v) is 3.56. The van der Waals surface area contributed by atoms with Gasteiger partial charge >= 0.3 is 0 Å². The summed E-state index contributed by atoms with van der Waals surface area (Å²) in [6.45, 7) is 9.95. The van der Waals surface area contributed by atoms with Crippen LogP contribution in [0.2, 0.25) is 0 Å². The lowest BCUT2D eigenvalue weighted by atomic mass is 10.1. The predicted molar refractivity (Wildman–Crippen MR) is 89.8 cm³/mol. The van der Waals surface area contributed by atoms with Crippen molar-refractivity contribution in [3.63, 3.8) is 0 Å². The number of hydrogen-bond acceptors (Lipinski definition) is 2. The van der Waals surface area contributed by atoms with Crippen molar-refractivity contribution in [2.45, 2.75) is 33.7 Å². The van der Waals surface area contributed by atoms with Crippen LogP contribution in [0.25, 0.3) is 6.08 Å². The van der Waals surface area contributed by atoms with Gasteiger partial charge in [0.05, 0.1) is 11.1 Å². The molecule has 0 saturated heterocycles. The Morgan fingerprint density at radius 2 is 2.05 bits per heavy atom. The molecule has 0 aliphatic rings. The zero-order valence-corrected chi connectivity index (χ0v) is 15.1. The van der Waals surface area contributed by atoms with E-state index in [-0.39, 0.29) is 0 Å². The molecule has 0 aliphatic heterocycles. The molecule has 0 fully saturated rings. The van der Waals surface area contributed by atoms with Gasteiger partial charge < -0.3 is 10.1 Å². The van der Waals surface area contributed by atoms with Gasteiger partial charge in [0, 0.05) is 22.6 Å². The van der Waals surface area contributed by atoms with Crippen molar-refractivity contribution in [1.29, 1.82) is 0 Å². The molecule has 0 aromatic heterocycles. The van der Waals surface area contributed by atoms with Crippen molar-refractivity contribution in [2.24, 2.45) is 0 Å². The van der Waals surface area contributed by atoms with Crippen molar-refractivity contribution in [2.75, 3.05) is 13.2 Å². The lowest BCUT2D eigenvalue weighted by Crippen LogP contribution is -2.24. The molecule has 0 aliphatic carbocycles. The molecule has 4 heteroatoms. The second-order valence-corrected chi connectivity index (χ2v) is 6.54. The van der Waals surface area contributed by atoms with Crippen LogP contribution in [-0.2, 0) is 0 Å². The lowest BCUT2D eigenvalue weighted by molar-refractivity contribution is 0.337. The Kier molecular flexibility index (Phi) is 7.11. The fourth-order valence-electron chi connectivity index (χ4n) is 1.67. The molecular formula is C15H21Br2NO. The smallest absolute Gasteiger partial charge is 0.140 e. The minimum atomic E-state index is 0.490. The summed E-state index contributed by atoms with van der Waals surface area (Å²) in [5.74, 6) is 0.898. The second-order valence-electron chi connectivity index (χ2n) is 4.77. The molecule has 0 bridgehead atoms. The van der Waals surface area contributed by atoms with Gasteiger partial charge in [-0.25, -0.2) is 0 Å². The molecule has 0 radical (unpaired) electrons. The van der Waals surface area contributed by atoms with Gasteiger partial charge in [-0.05, 0) is 41.9 Å². The quantitative estimate of drug-likeness (QED) is 0.736. The summed E-state index contributed by atoms with van der Waals surface area (Å²) in [7, 11) is 0. The average Bonchev–Trinajstić information content (AvgIpc) is 2.31. The number of rotatable bonds is 6. The molecule has 0 heterocycles. The Balaban J connectivity index is 3.00. The van der Waals surface area contributed by atoms with Crippen LogP contribution in [0.15, 0.2) is 26.7 Å². The molecule has 1 aromatic carbocycles. The molecule has 1 rings (SSSR count). The molecule has 0 unspecified atom stereocenters. The van der Waals surface area contributed by atoms with Gasteiger partial charge in [0.2, 0.25) is 0 Å². The van der Waals surface area contributed by atoms with Crippen LogP contribution in [0.3, 0.4) is 0 Å². The van der Waals surface area contributed by atoms with Crippen LogP contribution in [0.4, 0.5) is 0 Å². The Hall–Kier alpha value is -0.320. The van der Waals surface area contributed by atoms with E-state index in [9.17, 15) is 0 Å². The summed E-state index contributed by atoms with van der Waals surface area (Å²) in [6.07, 6.45) is 2.16. The average molecular weight is 391 g/mol. The molecule has 0 saturated carbocycles. The molecule has 1 N–H and O–H groups in total. The predicted octanol–water partition coefficient (Wildman–Crippen LogP) is 5.01. The first kappa shape index (κ1) is 16.7. The van der Waals surface area contributed by atoms with Crippen LogP contribution < -0.4 is 10.1 Å². The maximum atomic E-state index is 5.72. The van der Waals surface area contributed by atoms with Gasteiger partial charge in [-0.1, -0.05) is 41.4 Å². The largest absolute Gasteiger partial charge is 0.492 e. The van der Waals surface area contributed by atoms with Crippen molar-refractivity contribution in [1.82, 2.24) is 5.32 Å². The summed E-state index contributed by atoms with van der Waals surface area (Å²) in [6, 6.07) is 4.57. The van der Waals surface area contributed by atoms with Crippen LogP contribution in [0.5, 0.6) is 5.75 Å². The first-order chi connectivity index (χ1) is 8.93. The lowest BCUT2D eigenvalue weighted by Gasteiger charge is -2.12. The highest BCUT2D eigenvalue weighted by Gasteiger charge is 2.08. The van der Waals surface area contributed by atoms with E-state index in [1.165, 1.54) is 5.57 Å². The fourth-order valence-corrected chi connectivity index (χ4v) is 3.04. The summed E-state index contributed by atoms with van der Waals surface area (Å²) in [5, 5.41) is 3.41. The third kappa shape index (κ3) is 5.67. The van der Waals surface area contributed by atoms with Crippen molar-refractivity contribution in [3.8, 4) is 5.75 Å². The summed E-state index contributed by atoms with van der Waals surface area (Å²) >= 11 is 7.07. The normalized spacial score (nSPS) is 12.1. The van der Waals surface area contributed by atoms with E-state index >= 15 is 0 Å². The van der Waals surface area contributed by atoms with Crippen molar-refractivity contribution < 1.29 is 4.74 Å². The molecule has 19 heavy (non-hydrogen) atoms. The summed E-state index contributed by atoms with van der Waals surface area (Å²) in [4.78, 5) is 0. The number of ether oxygens (including phenoxy) is 1.